The summed E-state index contributed by atoms with van der Waals surface area (Å²) in [4.78, 5) is 12.3. The Bertz CT molecular complexity index is 645. The van der Waals surface area contributed by atoms with Gasteiger partial charge in [0, 0.05) is 30.3 Å². The van der Waals surface area contributed by atoms with Gasteiger partial charge in [0.15, 0.2) is 0 Å². The van der Waals surface area contributed by atoms with E-state index in [0.717, 1.165) is 22.3 Å². The number of hydrogen-bond acceptors (Lipinski definition) is 4. The van der Waals surface area contributed by atoms with E-state index >= 15 is 0 Å². The summed E-state index contributed by atoms with van der Waals surface area (Å²) in [5, 5.41) is 0.849. The molecule has 0 fully saturated rings. The van der Waals surface area contributed by atoms with Gasteiger partial charge in [0.05, 0.1) is 25.9 Å². The molecule has 2 aromatic rings. The maximum atomic E-state index is 12.3. The molecule has 0 atom stereocenters. The van der Waals surface area contributed by atoms with Crippen LogP contribution in [-0.2, 0) is 16.0 Å². The van der Waals surface area contributed by atoms with E-state index in [1.807, 2.05) is 25.1 Å². The summed E-state index contributed by atoms with van der Waals surface area (Å²) >= 11 is 0. The highest BCUT2D eigenvalue weighted by molar-refractivity contribution is 6.06. The Kier molecular flexibility index (Phi) is 4.85. The van der Waals surface area contributed by atoms with Crippen LogP contribution in [0.15, 0.2) is 18.2 Å². The fourth-order valence-electron chi connectivity index (χ4n) is 2.52. The number of rotatable bonds is 6. The maximum Gasteiger partial charge on any atom is 0.340 e. The van der Waals surface area contributed by atoms with E-state index < -0.39 is 0 Å². The van der Waals surface area contributed by atoms with Crippen molar-refractivity contribution >= 4 is 16.9 Å². The fourth-order valence-corrected chi connectivity index (χ4v) is 2.52. The number of benzene rings is 1. The second-order valence-corrected chi connectivity index (χ2v) is 4.71. The van der Waals surface area contributed by atoms with E-state index in [2.05, 4.69) is 4.57 Å². The topological polar surface area (TPSA) is 49.7 Å². The number of esters is 1. The van der Waals surface area contributed by atoms with E-state index in [-0.39, 0.29) is 5.97 Å². The normalized spacial score (nSPS) is 10.9. The number of ether oxygens (including phenoxy) is 3. The summed E-state index contributed by atoms with van der Waals surface area (Å²) in [5.74, 6) is 0.418. The summed E-state index contributed by atoms with van der Waals surface area (Å²) in [6, 6.07) is 5.72. The SMILES string of the molecule is CCOC(=O)c1c(C)n(CCOC)c2ccc(OC)cc12. The van der Waals surface area contributed by atoms with Crippen molar-refractivity contribution in [2.45, 2.75) is 20.4 Å². The molecule has 5 nitrogen and oxygen atoms in total. The lowest BCUT2D eigenvalue weighted by Gasteiger charge is -2.08. The Hall–Kier alpha value is -2.01. The van der Waals surface area contributed by atoms with Crippen molar-refractivity contribution in [2.24, 2.45) is 0 Å². The highest BCUT2D eigenvalue weighted by atomic mass is 16.5. The molecule has 0 aliphatic heterocycles. The highest BCUT2D eigenvalue weighted by Gasteiger charge is 2.21. The van der Waals surface area contributed by atoms with Crippen LogP contribution >= 0.6 is 0 Å². The summed E-state index contributed by atoms with van der Waals surface area (Å²) in [6.07, 6.45) is 0. The van der Waals surface area contributed by atoms with E-state index in [1.54, 1.807) is 21.1 Å². The number of carbonyl (C=O) groups excluding carboxylic acids is 1. The Morgan fingerprint density at radius 2 is 2.05 bits per heavy atom. The largest absolute Gasteiger partial charge is 0.497 e. The molecule has 0 aliphatic carbocycles. The van der Waals surface area contributed by atoms with E-state index in [1.165, 1.54) is 0 Å². The molecule has 5 heteroatoms. The van der Waals surface area contributed by atoms with Crippen molar-refractivity contribution in [1.82, 2.24) is 4.57 Å². The molecule has 0 amide bonds. The Morgan fingerprint density at radius 3 is 2.67 bits per heavy atom. The van der Waals surface area contributed by atoms with Crippen molar-refractivity contribution < 1.29 is 19.0 Å². The van der Waals surface area contributed by atoms with Crippen molar-refractivity contribution in [2.75, 3.05) is 27.4 Å². The van der Waals surface area contributed by atoms with Crippen LogP contribution < -0.4 is 4.74 Å². The molecule has 0 spiro atoms. The molecule has 0 saturated carbocycles. The first-order chi connectivity index (χ1) is 10.1. The van der Waals surface area contributed by atoms with Gasteiger partial charge in [-0.05, 0) is 32.0 Å². The van der Waals surface area contributed by atoms with Gasteiger partial charge in [0.1, 0.15) is 5.75 Å². The number of carbonyl (C=O) groups is 1. The van der Waals surface area contributed by atoms with Gasteiger partial charge in [-0.1, -0.05) is 0 Å². The molecule has 0 N–H and O–H groups in total. The summed E-state index contributed by atoms with van der Waals surface area (Å²) in [7, 11) is 3.27. The maximum absolute atomic E-state index is 12.3. The third kappa shape index (κ3) is 2.88. The first-order valence-electron chi connectivity index (χ1n) is 6.96. The Labute approximate surface area is 124 Å². The van der Waals surface area contributed by atoms with E-state index in [9.17, 15) is 4.79 Å². The third-order valence-electron chi connectivity index (χ3n) is 3.53. The minimum atomic E-state index is -0.301. The minimum absolute atomic E-state index is 0.301. The first-order valence-corrected chi connectivity index (χ1v) is 6.96. The third-order valence-corrected chi connectivity index (χ3v) is 3.53. The molecule has 114 valence electrons. The quantitative estimate of drug-likeness (QED) is 0.768. The molecule has 0 saturated heterocycles. The number of fused-ring (bicyclic) bond motifs is 1. The zero-order chi connectivity index (χ0) is 15.4. The molecular formula is C16H21NO4. The zero-order valence-corrected chi connectivity index (χ0v) is 12.9. The first kappa shape index (κ1) is 15.4. The lowest BCUT2D eigenvalue weighted by molar-refractivity contribution is 0.0527. The predicted molar refractivity (Wildman–Crippen MR) is 81.1 cm³/mol. The molecule has 0 radical (unpaired) electrons. The average Bonchev–Trinajstić information content (AvgIpc) is 2.76. The van der Waals surface area contributed by atoms with Gasteiger partial charge in [-0.25, -0.2) is 4.79 Å². The van der Waals surface area contributed by atoms with Gasteiger partial charge < -0.3 is 18.8 Å². The summed E-state index contributed by atoms with van der Waals surface area (Å²) < 4.78 is 17.7. The molecule has 2 rings (SSSR count). The van der Waals surface area contributed by atoms with E-state index in [0.29, 0.717) is 25.3 Å². The molecule has 0 unspecified atom stereocenters. The second-order valence-electron chi connectivity index (χ2n) is 4.71. The molecule has 21 heavy (non-hydrogen) atoms. The summed E-state index contributed by atoms with van der Waals surface area (Å²) in [5.41, 5.74) is 2.46. The average molecular weight is 291 g/mol. The number of aromatic nitrogens is 1. The number of nitrogens with zero attached hydrogens (tertiary/aromatic N) is 1. The van der Waals surface area contributed by atoms with Crippen molar-refractivity contribution in [3.8, 4) is 5.75 Å². The van der Waals surface area contributed by atoms with Crippen LogP contribution in [0.3, 0.4) is 0 Å². The van der Waals surface area contributed by atoms with Crippen molar-refractivity contribution in [3.63, 3.8) is 0 Å². The molecular weight excluding hydrogens is 270 g/mol. The number of methoxy groups -OCH3 is 2. The molecule has 1 aromatic carbocycles. The van der Waals surface area contributed by atoms with Gasteiger partial charge in [0.25, 0.3) is 0 Å². The predicted octanol–water partition coefficient (Wildman–Crippen LogP) is 2.78. The van der Waals surface area contributed by atoms with Crippen molar-refractivity contribution in [1.29, 1.82) is 0 Å². The van der Waals surface area contributed by atoms with Crippen LogP contribution in [0.1, 0.15) is 23.0 Å². The lowest BCUT2D eigenvalue weighted by atomic mass is 10.1. The molecule has 0 aliphatic rings. The van der Waals surface area contributed by atoms with Crippen LogP contribution in [0, 0.1) is 6.92 Å². The Balaban J connectivity index is 2.63. The van der Waals surface area contributed by atoms with Gasteiger partial charge in [-0.3, -0.25) is 0 Å². The standard InChI is InChI=1S/C16H21NO4/c1-5-21-16(18)15-11(2)17(8-9-19-3)14-7-6-12(20-4)10-13(14)15/h6-7,10H,5,8-9H2,1-4H3. The van der Waals surface area contributed by atoms with Crippen LogP contribution in [0.5, 0.6) is 5.75 Å². The monoisotopic (exact) mass is 291 g/mol. The van der Waals surface area contributed by atoms with Crippen LogP contribution in [0.2, 0.25) is 0 Å². The van der Waals surface area contributed by atoms with Gasteiger partial charge in [-0.15, -0.1) is 0 Å². The fraction of sp³-hybridized carbons (Fsp3) is 0.438. The van der Waals surface area contributed by atoms with Crippen LogP contribution in [-0.4, -0.2) is 38.0 Å². The smallest absolute Gasteiger partial charge is 0.340 e. The molecule has 0 bridgehead atoms. The highest BCUT2D eigenvalue weighted by Crippen LogP contribution is 2.30. The second kappa shape index (κ2) is 6.63. The van der Waals surface area contributed by atoms with Crippen LogP contribution in [0.25, 0.3) is 10.9 Å². The summed E-state index contributed by atoms with van der Waals surface area (Å²) in [6.45, 7) is 5.35. The van der Waals surface area contributed by atoms with Crippen LogP contribution in [0.4, 0.5) is 0 Å². The molecule has 1 heterocycles. The minimum Gasteiger partial charge on any atom is -0.497 e. The lowest BCUT2D eigenvalue weighted by Crippen LogP contribution is -2.09. The Morgan fingerprint density at radius 1 is 1.29 bits per heavy atom. The van der Waals surface area contributed by atoms with Gasteiger partial charge in [0.2, 0.25) is 0 Å². The van der Waals surface area contributed by atoms with E-state index in [4.69, 9.17) is 14.2 Å². The van der Waals surface area contributed by atoms with Gasteiger partial charge in [-0.2, -0.15) is 0 Å². The zero-order valence-electron chi connectivity index (χ0n) is 12.9. The van der Waals surface area contributed by atoms with Gasteiger partial charge >= 0.3 is 5.97 Å². The number of hydrogen-bond donors (Lipinski definition) is 0. The molecule has 1 aromatic heterocycles. The van der Waals surface area contributed by atoms with Crippen molar-refractivity contribution in [3.05, 3.63) is 29.5 Å².